The van der Waals surface area contributed by atoms with E-state index in [1.807, 2.05) is 0 Å². The highest BCUT2D eigenvalue weighted by Gasteiger charge is 2.14. The van der Waals surface area contributed by atoms with Gasteiger partial charge in [-0.25, -0.2) is 8.42 Å². The van der Waals surface area contributed by atoms with Crippen molar-refractivity contribution < 1.29 is 8.42 Å². The summed E-state index contributed by atoms with van der Waals surface area (Å²) in [5, 5.41) is 0. The lowest BCUT2D eigenvalue weighted by Crippen LogP contribution is -2.14. The summed E-state index contributed by atoms with van der Waals surface area (Å²) in [6.07, 6.45) is 3.00. The van der Waals surface area contributed by atoms with Gasteiger partial charge in [0.25, 0.3) is 10.0 Å². The third-order valence-electron chi connectivity index (χ3n) is 2.36. The molecule has 0 radical (unpaired) electrons. The van der Waals surface area contributed by atoms with Gasteiger partial charge < -0.3 is 5.73 Å². The zero-order valence-corrected chi connectivity index (χ0v) is 11.4. The second kappa shape index (κ2) is 5.33. The normalized spacial score (nSPS) is 10.9. The first kappa shape index (κ1) is 13.4. The van der Waals surface area contributed by atoms with E-state index in [1.54, 1.807) is 30.5 Å². The quantitative estimate of drug-likeness (QED) is 0.835. The van der Waals surface area contributed by atoms with E-state index in [9.17, 15) is 8.42 Å². The maximum absolute atomic E-state index is 12.1. The first-order chi connectivity index (χ1) is 8.99. The predicted octanol–water partition coefficient (Wildman–Crippen LogP) is 1.52. The minimum Gasteiger partial charge on any atom is -0.389 e. The van der Waals surface area contributed by atoms with Crippen LogP contribution in [0.1, 0.15) is 5.56 Å². The van der Waals surface area contributed by atoms with E-state index in [-0.39, 0.29) is 9.88 Å². The Balaban J connectivity index is 2.27. The van der Waals surface area contributed by atoms with Gasteiger partial charge in [-0.2, -0.15) is 0 Å². The number of aromatic nitrogens is 1. The van der Waals surface area contributed by atoms with Gasteiger partial charge in [0.05, 0.1) is 16.8 Å². The van der Waals surface area contributed by atoms with E-state index in [2.05, 4.69) is 9.71 Å². The molecular weight excluding hydrogens is 282 g/mol. The standard InChI is InChI=1S/C12H11N3O2S2/c13-12(18)9-3-5-11(6-4-9)19(16,17)15-10-2-1-7-14-8-10/h1-8,15H,(H2,13,18). The first-order valence-corrected chi connectivity index (χ1v) is 7.21. The Morgan fingerprint density at radius 1 is 1.21 bits per heavy atom. The summed E-state index contributed by atoms with van der Waals surface area (Å²) >= 11 is 4.81. The summed E-state index contributed by atoms with van der Waals surface area (Å²) < 4.78 is 26.6. The number of sulfonamides is 1. The van der Waals surface area contributed by atoms with E-state index < -0.39 is 10.0 Å². The largest absolute Gasteiger partial charge is 0.389 e. The molecule has 2 aromatic rings. The Morgan fingerprint density at radius 2 is 1.89 bits per heavy atom. The smallest absolute Gasteiger partial charge is 0.261 e. The molecule has 0 bridgehead atoms. The number of hydrogen-bond acceptors (Lipinski definition) is 4. The lowest BCUT2D eigenvalue weighted by Gasteiger charge is -2.08. The van der Waals surface area contributed by atoms with Crippen LogP contribution in [0.15, 0.2) is 53.7 Å². The molecule has 19 heavy (non-hydrogen) atoms. The van der Waals surface area contributed by atoms with E-state index >= 15 is 0 Å². The molecule has 0 saturated heterocycles. The fourth-order valence-electron chi connectivity index (χ4n) is 1.44. The molecule has 0 spiro atoms. The van der Waals surface area contributed by atoms with Crippen molar-refractivity contribution >= 4 is 32.9 Å². The SMILES string of the molecule is NC(=S)c1ccc(S(=O)(=O)Nc2cccnc2)cc1. The molecule has 0 amide bonds. The molecule has 5 nitrogen and oxygen atoms in total. The van der Waals surface area contributed by atoms with Crippen molar-refractivity contribution in [2.45, 2.75) is 4.90 Å². The third-order valence-corrected chi connectivity index (χ3v) is 4.00. The summed E-state index contributed by atoms with van der Waals surface area (Å²) in [6, 6.07) is 9.31. The van der Waals surface area contributed by atoms with Gasteiger partial charge >= 0.3 is 0 Å². The molecule has 2 rings (SSSR count). The minimum absolute atomic E-state index is 0.136. The van der Waals surface area contributed by atoms with Gasteiger partial charge in [0.1, 0.15) is 4.99 Å². The number of anilines is 1. The van der Waals surface area contributed by atoms with Gasteiger partial charge in [0.15, 0.2) is 0 Å². The minimum atomic E-state index is -3.63. The maximum Gasteiger partial charge on any atom is 0.261 e. The zero-order chi connectivity index (χ0) is 13.9. The zero-order valence-electron chi connectivity index (χ0n) is 9.78. The van der Waals surface area contributed by atoms with Crippen LogP contribution in [0, 0.1) is 0 Å². The molecule has 0 fully saturated rings. The summed E-state index contributed by atoms with van der Waals surface area (Å²) in [5.41, 5.74) is 6.48. The van der Waals surface area contributed by atoms with E-state index in [1.165, 1.54) is 18.3 Å². The Kier molecular flexibility index (Phi) is 3.77. The van der Waals surface area contributed by atoms with Gasteiger partial charge in [-0.1, -0.05) is 24.4 Å². The van der Waals surface area contributed by atoms with Crippen molar-refractivity contribution in [2.24, 2.45) is 5.73 Å². The van der Waals surface area contributed by atoms with Crippen molar-refractivity contribution in [2.75, 3.05) is 4.72 Å². The maximum atomic E-state index is 12.1. The molecule has 1 heterocycles. The van der Waals surface area contributed by atoms with Gasteiger partial charge in [0.2, 0.25) is 0 Å². The lowest BCUT2D eigenvalue weighted by atomic mass is 10.2. The average Bonchev–Trinajstić information content (AvgIpc) is 2.39. The van der Waals surface area contributed by atoms with Crippen LogP contribution in [0.2, 0.25) is 0 Å². The molecule has 7 heteroatoms. The van der Waals surface area contributed by atoms with Crippen LogP contribution in [0.5, 0.6) is 0 Å². The van der Waals surface area contributed by atoms with Crippen LogP contribution >= 0.6 is 12.2 Å². The fraction of sp³-hybridized carbons (Fsp3) is 0. The Morgan fingerprint density at radius 3 is 2.42 bits per heavy atom. The average molecular weight is 293 g/mol. The second-order valence-electron chi connectivity index (χ2n) is 3.74. The number of benzene rings is 1. The molecule has 3 N–H and O–H groups in total. The number of nitrogens with zero attached hydrogens (tertiary/aromatic N) is 1. The van der Waals surface area contributed by atoms with Crippen LogP contribution in [0.25, 0.3) is 0 Å². The number of thiocarbonyl (C=S) groups is 1. The van der Waals surface area contributed by atoms with Crippen molar-refractivity contribution in [1.29, 1.82) is 0 Å². The topological polar surface area (TPSA) is 85.1 Å². The molecule has 0 atom stereocenters. The van der Waals surface area contributed by atoms with Crippen molar-refractivity contribution in [3.05, 3.63) is 54.4 Å². The fourth-order valence-corrected chi connectivity index (χ4v) is 2.61. The molecule has 0 unspecified atom stereocenters. The lowest BCUT2D eigenvalue weighted by molar-refractivity contribution is 0.601. The molecule has 0 aliphatic rings. The first-order valence-electron chi connectivity index (χ1n) is 5.32. The van der Waals surface area contributed by atoms with Crippen molar-refractivity contribution in [1.82, 2.24) is 4.98 Å². The molecule has 0 aliphatic heterocycles. The Bertz CT molecular complexity index is 683. The molecule has 1 aromatic heterocycles. The van der Waals surface area contributed by atoms with Crippen molar-refractivity contribution in [3.63, 3.8) is 0 Å². The number of nitrogens with one attached hydrogen (secondary N) is 1. The van der Waals surface area contributed by atoms with Crippen molar-refractivity contribution in [3.8, 4) is 0 Å². The number of rotatable bonds is 4. The van der Waals surface area contributed by atoms with Gasteiger partial charge in [-0.05, 0) is 24.3 Å². The monoisotopic (exact) mass is 293 g/mol. The molecule has 0 saturated carbocycles. The Labute approximate surface area is 116 Å². The van der Waals surface area contributed by atoms with Gasteiger partial charge in [-0.3, -0.25) is 9.71 Å². The van der Waals surface area contributed by atoms with E-state index in [0.717, 1.165) is 0 Å². The molecule has 98 valence electrons. The highest BCUT2D eigenvalue weighted by Crippen LogP contribution is 2.15. The van der Waals surface area contributed by atoms with Gasteiger partial charge in [-0.15, -0.1) is 0 Å². The summed E-state index contributed by atoms with van der Waals surface area (Å²) in [5.74, 6) is 0. The van der Waals surface area contributed by atoms with Crippen LogP contribution in [0.4, 0.5) is 5.69 Å². The molecule has 0 aliphatic carbocycles. The van der Waals surface area contributed by atoms with Crippen LogP contribution < -0.4 is 10.5 Å². The Hall–Kier alpha value is -1.99. The summed E-state index contributed by atoms with van der Waals surface area (Å²) in [7, 11) is -3.63. The number of nitrogens with two attached hydrogens (primary N) is 1. The highest BCUT2D eigenvalue weighted by atomic mass is 32.2. The summed E-state index contributed by atoms with van der Waals surface area (Å²) in [4.78, 5) is 4.20. The third kappa shape index (κ3) is 3.27. The number of pyridine rings is 1. The predicted molar refractivity (Wildman–Crippen MR) is 77.4 cm³/mol. The van der Waals surface area contributed by atoms with E-state index in [4.69, 9.17) is 18.0 Å². The van der Waals surface area contributed by atoms with Crippen LogP contribution in [-0.4, -0.2) is 18.4 Å². The van der Waals surface area contributed by atoms with Gasteiger partial charge in [0, 0.05) is 11.8 Å². The highest BCUT2D eigenvalue weighted by molar-refractivity contribution is 7.92. The summed E-state index contributed by atoms with van der Waals surface area (Å²) in [6.45, 7) is 0. The van der Waals surface area contributed by atoms with E-state index in [0.29, 0.717) is 11.3 Å². The van der Waals surface area contributed by atoms with Crippen LogP contribution in [0.3, 0.4) is 0 Å². The second-order valence-corrected chi connectivity index (χ2v) is 5.86. The number of hydrogen-bond donors (Lipinski definition) is 2. The molecule has 1 aromatic carbocycles. The van der Waals surface area contributed by atoms with Crippen LogP contribution in [-0.2, 0) is 10.0 Å². The molecular formula is C12H11N3O2S2.